The Morgan fingerprint density at radius 1 is 1.00 bits per heavy atom. The molecule has 0 spiro atoms. The summed E-state index contributed by atoms with van der Waals surface area (Å²) in [4.78, 5) is 15.4. The number of carbonyl (C=O) groups excluding carboxylic acids is 1. The molecule has 2 aromatic carbocycles. The first kappa shape index (κ1) is 21.9. The molecular weight excluding hydrogens is 466 g/mol. The molecule has 7 rings (SSSR count). The lowest BCUT2D eigenvalue weighted by molar-refractivity contribution is 0.102. The molecule has 2 aliphatic heterocycles. The fourth-order valence-corrected chi connectivity index (χ4v) is 5.82. The van der Waals surface area contributed by atoms with Gasteiger partial charge in [0.25, 0.3) is 5.91 Å². The molecule has 2 saturated heterocycles. The molecule has 37 heavy (non-hydrogen) atoms. The molecule has 186 valence electrons. The van der Waals surface area contributed by atoms with Gasteiger partial charge in [-0.25, -0.2) is 4.68 Å². The van der Waals surface area contributed by atoms with Gasteiger partial charge in [0.1, 0.15) is 11.4 Å². The second-order valence-corrected chi connectivity index (χ2v) is 10.0. The van der Waals surface area contributed by atoms with Crippen LogP contribution in [0.4, 0.5) is 5.82 Å². The van der Waals surface area contributed by atoms with Crippen molar-refractivity contribution in [2.75, 3.05) is 12.4 Å². The van der Waals surface area contributed by atoms with Crippen molar-refractivity contribution >= 4 is 22.6 Å². The second-order valence-electron chi connectivity index (χ2n) is 10.0. The van der Waals surface area contributed by atoms with E-state index in [4.69, 9.17) is 0 Å². The highest BCUT2D eigenvalue weighted by Crippen LogP contribution is 2.39. The van der Waals surface area contributed by atoms with Crippen molar-refractivity contribution in [3.63, 3.8) is 0 Å². The zero-order chi connectivity index (χ0) is 24.9. The summed E-state index contributed by atoms with van der Waals surface area (Å²) in [5.41, 5.74) is 3.73. The molecule has 10 nitrogen and oxygen atoms in total. The molecule has 2 atom stereocenters. The summed E-state index contributed by atoms with van der Waals surface area (Å²) < 4.78 is 3.71. The third-order valence-corrected chi connectivity index (χ3v) is 7.90. The topological polar surface area (TPSA) is 110 Å². The van der Waals surface area contributed by atoms with Crippen molar-refractivity contribution in [2.45, 2.75) is 43.8 Å². The van der Waals surface area contributed by atoms with Gasteiger partial charge in [-0.3, -0.25) is 14.6 Å². The molecule has 2 unspecified atom stereocenters. The summed E-state index contributed by atoms with van der Waals surface area (Å²) in [6, 6.07) is 18.7. The van der Waals surface area contributed by atoms with Crippen LogP contribution in [0.15, 0.2) is 67.0 Å². The number of carbonyl (C=O) groups is 1. The number of H-pyrrole nitrogens is 1. The van der Waals surface area contributed by atoms with Gasteiger partial charge in [0.2, 0.25) is 0 Å². The number of hydrogen-bond acceptors (Lipinski definition) is 6. The number of nitrogens with zero attached hydrogens (tertiary/aromatic N) is 7. The lowest BCUT2D eigenvalue weighted by Gasteiger charge is -2.36. The Balaban J connectivity index is 1.03. The van der Waals surface area contributed by atoms with Crippen LogP contribution in [0.3, 0.4) is 0 Å². The zero-order valence-electron chi connectivity index (χ0n) is 20.5. The monoisotopic (exact) mass is 493 g/mol. The molecule has 5 aromatic rings. The Labute approximate surface area is 213 Å². The highest BCUT2D eigenvalue weighted by molar-refractivity contribution is 6.03. The van der Waals surface area contributed by atoms with Gasteiger partial charge in [-0.15, -0.1) is 5.10 Å². The number of hydrogen-bond donors (Lipinski definition) is 2. The third-order valence-electron chi connectivity index (χ3n) is 7.90. The van der Waals surface area contributed by atoms with Crippen molar-refractivity contribution in [1.82, 2.24) is 39.9 Å². The smallest absolute Gasteiger partial charge is 0.256 e. The van der Waals surface area contributed by atoms with Gasteiger partial charge >= 0.3 is 0 Å². The minimum atomic E-state index is -0.192. The summed E-state index contributed by atoms with van der Waals surface area (Å²) in [6.45, 7) is 0. The molecule has 0 saturated carbocycles. The zero-order valence-corrected chi connectivity index (χ0v) is 20.5. The highest BCUT2D eigenvalue weighted by atomic mass is 16.1. The molecule has 2 N–H and O–H groups in total. The molecule has 0 aliphatic carbocycles. The molecule has 5 heterocycles. The predicted octanol–water partition coefficient (Wildman–Crippen LogP) is 4.06. The van der Waals surface area contributed by atoms with Gasteiger partial charge in [-0.1, -0.05) is 23.4 Å². The maximum Gasteiger partial charge on any atom is 0.256 e. The molecule has 1 amide bonds. The number of fused-ring (bicyclic) bond motifs is 3. The number of benzene rings is 2. The highest BCUT2D eigenvalue weighted by Gasteiger charge is 2.39. The van der Waals surface area contributed by atoms with Gasteiger partial charge in [-0.05, 0) is 63.1 Å². The Morgan fingerprint density at radius 3 is 2.59 bits per heavy atom. The number of rotatable bonds is 5. The van der Waals surface area contributed by atoms with Crippen molar-refractivity contribution < 1.29 is 4.79 Å². The maximum atomic E-state index is 12.9. The number of para-hydroxylation sites is 1. The lowest BCUT2D eigenvalue weighted by Crippen LogP contribution is -2.40. The van der Waals surface area contributed by atoms with Gasteiger partial charge in [0, 0.05) is 35.3 Å². The van der Waals surface area contributed by atoms with Gasteiger partial charge in [0.05, 0.1) is 23.4 Å². The van der Waals surface area contributed by atoms with Crippen LogP contribution in [0, 0.1) is 0 Å². The third kappa shape index (κ3) is 3.89. The van der Waals surface area contributed by atoms with Gasteiger partial charge in [0.15, 0.2) is 5.82 Å². The van der Waals surface area contributed by atoms with Crippen molar-refractivity contribution in [3.05, 3.63) is 72.6 Å². The van der Waals surface area contributed by atoms with E-state index in [9.17, 15) is 4.79 Å². The van der Waals surface area contributed by atoms with E-state index < -0.39 is 0 Å². The summed E-state index contributed by atoms with van der Waals surface area (Å²) in [5, 5.41) is 24.6. The summed E-state index contributed by atoms with van der Waals surface area (Å²) in [5.74, 6) is 0.384. The van der Waals surface area contributed by atoms with E-state index in [0.717, 1.165) is 35.1 Å². The van der Waals surface area contributed by atoms with E-state index in [1.807, 2.05) is 59.5 Å². The van der Waals surface area contributed by atoms with E-state index in [1.54, 1.807) is 16.8 Å². The van der Waals surface area contributed by atoms with Crippen LogP contribution in [0.1, 0.15) is 42.1 Å². The summed E-state index contributed by atoms with van der Waals surface area (Å²) in [7, 11) is 2.24. The average molecular weight is 494 g/mol. The van der Waals surface area contributed by atoms with E-state index in [-0.39, 0.29) is 5.91 Å². The molecular formula is C27H27N9O. The Kier molecular flexibility index (Phi) is 5.14. The van der Waals surface area contributed by atoms with Crippen LogP contribution in [-0.4, -0.2) is 64.9 Å². The van der Waals surface area contributed by atoms with E-state index in [2.05, 4.69) is 42.9 Å². The standard InChI is InChI=1S/C27H27N9O/c1-34-19-10-11-20(34)15-21(14-19)35-13-12-25(32-35)28-27(37)17-6-8-18(9-7-17)36-16-24(30-33-36)26-22-4-2-3-5-23(22)29-31-26/h2-9,12-13,16,19-21H,10-11,14-15H2,1H3,(H,29,31)(H,28,32,37). The fraction of sp³-hybridized carbons (Fsp3) is 0.296. The van der Waals surface area contributed by atoms with Crippen LogP contribution in [0.25, 0.3) is 28.0 Å². The Bertz CT molecular complexity index is 1570. The van der Waals surface area contributed by atoms with Crippen LogP contribution >= 0.6 is 0 Å². The van der Waals surface area contributed by atoms with Crippen LogP contribution in [-0.2, 0) is 0 Å². The van der Waals surface area contributed by atoms with Crippen LogP contribution < -0.4 is 5.32 Å². The van der Waals surface area contributed by atoms with Crippen LogP contribution in [0.2, 0.25) is 0 Å². The van der Waals surface area contributed by atoms with Gasteiger partial charge < -0.3 is 10.2 Å². The molecule has 2 aliphatic rings. The fourth-order valence-electron chi connectivity index (χ4n) is 5.82. The number of amides is 1. The Hall–Kier alpha value is -4.31. The molecule has 3 aromatic heterocycles. The first-order valence-electron chi connectivity index (χ1n) is 12.7. The number of piperidine rings is 1. The summed E-state index contributed by atoms with van der Waals surface area (Å²) >= 11 is 0. The first-order valence-corrected chi connectivity index (χ1v) is 12.7. The first-order chi connectivity index (χ1) is 18.1. The summed E-state index contributed by atoms with van der Waals surface area (Å²) in [6.07, 6.45) is 8.59. The molecule has 2 fully saturated rings. The van der Waals surface area contributed by atoms with E-state index in [1.165, 1.54) is 12.8 Å². The largest absolute Gasteiger partial charge is 0.305 e. The number of anilines is 1. The minimum Gasteiger partial charge on any atom is -0.305 e. The quantitative estimate of drug-likeness (QED) is 0.382. The molecule has 2 bridgehead atoms. The maximum absolute atomic E-state index is 12.9. The van der Waals surface area contributed by atoms with Gasteiger partial charge in [-0.2, -0.15) is 10.2 Å². The number of aromatic nitrogens is 7. The second kappa shape index (κ2) is 8.67. The SMILES string of the molecule is CN1C2CCC1CC(n1ccc(NC(=O)c3ccc(-n4cc(-c5n[nH]c6ccccc56)nn4)cc3)n1)C2. The normalized spacial score (nSPS) is 21.5. The van der Waals surface area contributed by atoms with E-state index >= 15 is 0 Å². The van der Waals surface area contributed by atoms with Crippen molar-refractivity contribution in [2.24, 2.45) is 0 Å². The van der Waals surface area contributed by atoms with Crippen LogP contribution in [0.5, 0.6) is 0 Å². The minimum absolute atomic E-state index is 0.192. The number of nitrogens with one attached hydrogen (secondary N) is 2. The van der Waals surface area contributed by atoms with Crippen molar-refractivity contribution in [1.29, 1.82) is 0 Å². The number of aromatic amines is 1. The van der Waals surface area contributed by atoms with E-state index in [0.29, 0.717) is 35.2 Å². The molecule has 0 radical (unpaired) electrons. The average Bonchev–Trinajstić information content (AvgIpc) is 3.71. The van der Waals surface area contributed by atoms with Crippen molar-refractivity contribution in [3.8, 4) is 17.1 Å². The molecule has 10 heteroatoms. The Morgan fingerprint density at radius 2 is 1.78 bits per heavy atom. The lowest BCUT2D eigenvalue weighted by atomic mass is 9.98. The predicted molar refractivity (Wildman–Crippen MR) is 139 cm³/mol.